The summed E-state index contributed by atoms with van der Waals surface area (Å²) in [6.07, 6.45) is 64.2. The molecule has 0 aromatic carbocycles. The summed E-state index contributed by atoms with van der Waals surface area (Å²) in [5.41, 5.74) is 0. The summed E-state index contributed by atoms with van der Waals surface area (Å²) in [6, 6.07) is 0. The van der Waals surface area contributed by atoms with Crippen LogP contribution in [0.15, 0.2) is 36.5 Å². The van der Waals surface area contributed by atoms with Gasteiger partial charge in [-0.25, -0.2) is 0 Å². The van der Waals surface area contributed by atoms with Crippen molar-refractivity contribution in [2.24, 2.45) is 0 Å². The van der Waals surface area contributed by atoms with Crippen molar-refractivity contribution in [3.05, 3.63) is 36.5 Å². The summed E-state index contributed by atoms with van der Waals surface area (Å²) in [5.74, 6) is -0.887. The van der Waals surface area contributed by atoms with Gasteiger partial charge in [-0.05, 0) is 96.3 Å². The highest BCUT2D eigenvalue weighted by atomic mass is 16.6. The average Bonchev–Trinajstić information content (AvgIpc) is 3.30. The van der Waals surface area contributed by atoms with E-state index in [0.717, 1.165) is 70.6 Å². The lowest BCUT2D eigenvalue weighted by Crippen LogP contribution is -2.30. The van der Waals surface area contributed by atoms with Gasteiger partial charge in [-0.15, -0.1) is 0 Å². The Morgan fingerprint density at radius 2 is 0.508 bits per heavy atom. The van der Waals surface area contributed by atoms with Crippen molar-refractivity contribution < 1.29 is 28.6 Å². The number of unbranched alkanes of at least 4 members (excludes halogenated alkanes) is 35. The first-order chi connectivity index (χ1) is 32.0. The molecule has 65 heavy (non-hydrogen) atoms. The van der Waals surface area contributed by atoms with E-state index in [0.29, 0.717) is 19.3 Å². The van der Waals surface area contributed by atoms with Gasteiger partial charge >= 0.3 is 17.9 Å². The highest BCUT2D eigenvalue weighted by Crippen LogP contribution is 2.15. The molecule has 1 unspecified atom stereocenters. The van der Waals surface area contributed by atoms with E-state index in [1.807, 2.05) is 0 Å². The molecule has 6 nitrogen and oxygen atoms in total. The lowest BCUT2D eigenvalue weighted by molar-refractivity contribution is -0.167. The van der Waals surface area contributed by atoms with E-state index in [4.69, 9.17) is 14.2 Å². The van der Waals surface area contributed by atoms with Crippen LogP contribution in [0, 0.1) is 0 Å². The minimum Gasteiger partial charge on any atom is -0.462 e. The number of carbonyl (C=O) groups excluding carboxylic acids is 3. The Morgan fingerprint density at radius 3 is 0.800 bits per heavy atom. The van der Waals surface area contributed by atoms with Crippen molar-refractivity contribution in [2.75, 3.05) is 13.2 Å². The molecular formula is C59H108O6. The second kappa shape index (κ2) is 54.2. The lowest BCUT2D eigenvalue weighted by Gasteiger charge is -2.18. The fourth-order valence-electron chi connectivity index (χ4n) is 8.25. The van der Waals surface area contributed by atoms with Gasteiger partial charge in [0.15, 0.2) is 6.10 Å². The lowest BCUT2D eigenvalue weighted by atomic mass is 10.1. The van der Waals surface area contributed by atoms with Crippen molar-refractivity contribution in [1.82, 2.24) is 0 Å². The van der Waals surface area contributed by atoms with Gasteiger partial charge in [-0.1, -0.05) is 224 Å². The Balaban J connectivity index is 4.34. The van der Waals surface area contributed by atoms with Crippen molar-refractivity contribution >= 4 is 17.9 Å². The third-order valence-electron chi connectivity index (χ3n) is 12.6. The van der Waals surface area contributed by atoms with Crippen LogP contribution in [0.4, 0.5) is 0 Å². The van der Waals surface area contributed by atoms with Crippen LogP contribution >= 0.6 is 0 Å². The maximum absolute atomic E-state index is 12.8. The standard InChI is InChI=1S/C59H108O6/c1-4-7-10-13-16-19-22-25-27-29-30-31-33-34-37-40-43-46-49-52-58(61)64-55-56(54-63-57(60)51-48-45-42-39-36-24-21-18-15-12-9-6-3)65-59(62)53-50-47-44-41-38-35-32-28-26-23-20-17-14-11-8-5-2/h18,21,28-30,32,56H,4-17,19-20,22-27,31,33-55H2,1-3H3/b21-18-,30-29-,32-28-. The SMILES string of the molecule is CCCCC/C=C\CCCCCCCC(=O)OCC(COC(=O)CCCCCCCCC/C=C\CCCCCCCCCC)OC(=O)CCCCCCC/C=C\CCCCCCCCC. The van der Waals surface area contributed by atoms with Gasteiger partial charge in [0.2, 0.25) is 0 Å². The number of allylic oxidation sites excluding steroid dienone is 6. The van der Waals surface area contributed by atoms with Gasteiger partial charge in [0.25, 0.3) is 0 Å². The van der Waals surface area contributed by atoms with Crippen LogP contribution in [0.25, 0.3) is 0 Å². The number of hydrogen-bond acceptors (Lipinski definition) is 6. The molecule has 0 aromatic rings. The molecule has 0 rings (SSSR count). The van der Waals surface area contributed by atoms with E-state index in [1.165, 1.54) is 193 Å². The molecule has 0 aliphatic heterocycles. The van der Waals surface area contributed by atoms with Crippen molar-refractivity contribution in [3.63, 3.8) is 0 Å². The number of ether oxygens (including phenoxy) is 3. The van der Waals surface area contributed by atoms with Crippen LogP contribution in [0.1, 0.15) is 303 Å². The van der Waals surface area contributed by atoms with E-state index in [1.54, 1.807) is 0 Å². The Bertz CT molecular complexity index is 1090. The van der Waals surface area contributed by atoms with Crippen molar-refractivity contribution in [1.29, 1.82) is 0 Å². The summed E-state index contributed by atoms with van der Waals surface area (Å²) in [4.78, 5) is 38.1. The first-order valence-electron chi connectivity index (χ1n) is 28.5. The maximum atomic E-state index is 12.8. The molecule has 0 aliphatic carbocycles. The van der Waals surface area contributed by atoms with Crippen molar-refractivity contribution in [2.45, 2.75) is 309 Å². The summed E-state index contributed by atoms with van der Waals surface area (Å²) in [6.45, 7) is 6.63. The fourth-order valence-corrected chi connectivity index (χ4v) is 8.25. The molecule has 6 heteroatoms. The minimum absolute atomic E-state index is 0.0784. The minimum atomic E-state index is -0.779. The molecule has 380 valence electrons. The Kier molecular flexibility index (Phi) is 52.3. The number of hydrogen-bond donors (Lipinski definition) is 0. The fraction of sp³-hybridized carbons (Fsp3) is 0.847. The van der Waals surface area contributed by atoms with Gasteiger partial charge < -0.3 is 14.2 Å². The highest BCUT2D eigenvalue weighted by Gasteiger charge is 2.19. The predicted molar refractivity (Wildman–Crippen MR) is 279 cm³/mol. The third kappa shape index (κ3) is 52.5. The molecule has 0 heterocycles. The monoisotopic (exact) mass is 913 g/mol. The molecule has 0 bridgehead atoms. The van der Waals surface area contributed by atoms with Crippen LogP contribution in [-0.4, -0.2) is 37.2 Å². The Morgan fingerprint density at radius 1 is 0.292 bits per heavy atom. The van der Waals surface area contributed by atoms with Gasteiger partial charge in [-0.3, -0.25) is 14.4 Å². The maximum Gasteiger partial charge on any atom is 0.306 e. The second-order valence-corrected chi connectivity index (χ2v) is 19.2. The largest absolute Gasteiger partial charge is 0.462 e. The van der Waals surface area contributed by atoms with E-state index in [2.05, 4.69) is 57.2 Å². The van der Waals surface area contributed by atoms with Crippen LogP contribution in [0.2, 0.25) is 0 Å². The number of carbonyl (C=O) groups is 3. The highest BCUT2D eigenvalue weighted by molar-refractivity contribution is 5.71. The Labute approximate surface area is 404 Å². The molecule has 1 atom stereocenters. The number of esters is 3. The van der Waals surface area contributed by atoms with E-state index in [-0.39, 0.29) is 31.1 Å². The second-order valence-electron chi connectivity index (χ2n) is 19.2. The van der Waals surface area contributed by atoms with E-state index < -0.39 is 6.10 Å². The van der Waals surface area contributed by atoms with Crippen molar-refractivity contribution in [3.8, 4) is 0 Å². The van der Waals surface area contributed by atoms with E-state index >= 15 is 0 Å². The summed E-state index contributed by atoms with van der Waals surface area (Å²) >= 11 is 0. The average molecular weight is 914 g/mol. The van der Waals surface area contributed by atoms with E-state index in [9.17, 15) is 14.4 Å². The quantitative estimate of drug-likeness (QED) is 0.0262. The van der Waals surface area contributed by atoms with Gasteiger partial charge in [0.05, 0.1) is 0 Å². The van der Waals surface area contributed by atoms with Gasteiger partial charge in [0, 0.05) is 19.3 Å². The van der Waals surface area contributed by atoms with Gasteiger partial charge in [-0.2, -0.15) is 0 Å². The first kappa shape index (κ1) is 62.6. The summed E-state index contributed by atoms with van der Waals surface area (Å²) < 4.78 is 16.8. The number of rotatable bonds is 52. The molecule has 0 aromatic heterocycles. The van der Waals surface area contributed by atoms with Gasteiger partial charge in [0.1, 0.15) is 13.2 Å². The molecule has 0 spiro atoms. The molecule has 0 fully saturated rings. The topological polar surface area (TPSA) is 78.9 Å². The van der Waals surface area contributed by atoms with Crippen LogP contribution in [0.3, 0.4) is 0 Å². The predicted octanol–water partition coefficient (Wildman–Crippen LogP) is 18.9. The normalized spacial score (nSPS) is 12.2. The van der Waals surface area contributed by atoms with Crippen LogP contribution < -0.4 is 0 Å². The molecule has 0 N–H and O–H groups in total. The zero-order valence-electron chi connectivity index (χ0n) is 43.5. The first-order valence-corrected chi connectivity index (χ1v) is 28.5. The zero-order chi connectivity index (χ0) is 47.2. The molecular weight excluding hydrogens is 805 g/mol. The smallest absolute Gasteiger partial charge is 0.306 e. The third-order valence-corrected chi connectivity index (χ3v) is 12.6. The zero-order valence-corrected chi connectivity index (χ0v) is 43.5. The van der Waals surface area contributed by atoms with Crippen LogP contribution in [0.5, 0.6) is 0 Å². The summed E-state index contributed by atoms with van der Waals surface area (Å²) in [5, 5.41) is 0. The van der Waals surface area contributed by atoms with Crippen LogP contribution in [-0.2, 0) is 28.6 Å². The molecule has 0 aliphatic rings. The molecule has 0 radical (unpaired) electrons. The summed E-state index contributed by atoms with van der Waals surface area (Å²) in [7, 11) is 0. The molecule has 0 saturated carbocycles. The molecule has 0 amide bonds. The Hall–Kier alpha value is -2.37. The molecule has 0 saturated heterocycles.